The second-order valence-electron chi connectivity index (χ2n) is 9.17. The lowest BCUT2D eigenvalue weighted by Crippen LogP contribution is -2.31. The van der Waals surface area contributed by atoms with Crippen LogP contribution in [0, 0.1) is 6.92 Å². The third kappa shape index (κ3) is 3.45. The highest BCUT2D eigenvalue weighted by Crippen LogP contribution is 2.42. The van der Waals surface area contributed by atoms with E-state index < -0.39 is 18.9 Å². The SMILES string of the molecule is Cc1cc(C(F)F)nc2sc3c(ncn4nc(-c5cnn6c5NC(c5ccccc5)CC6C(F)F)nc34)c12. The summed E-state index contributed by atoms with van der Waals surface area (Å²) >= 11 is 1.21. The first-order valence-corrected chi connectivity index (χ1v) is 12.6. The Labute approximate surface area is 216 Å². The van der Waals surface area contributed by atoms with Gasteiger partial charge in [0.25, 0.3) is 12.9 Å². The van der Waals surface area contributed by atoms with Gasteiger partial charge in [0.05, 0.1) is 23.3 Å². The number of rotatable bonds is 4. The molecule has 1 aliphatic heterocycles. The average molecular weight is 539 g/mol. The number of thiophene rings is 1. The standard InChI is InChI=1S/C25H18F4N8S/c1-11-7-15(20(26)27)33-25-17(11)18-19(38-25)24-34-22(35-36(24)10-30-18)13-9-31-37-16(21(28)29)8-14(32-23(13)37)12-5-3-2-4-6-12/h2-7,9-10,14,16,20-21,32H,8H2,1H3. The fourth-order valence-corrected chi connectivity index (χ4v) is 6.25. The lowest BCUT2D eigenvalue weighted by Gasteiger charge is -2.32. The third-order valence-electron chi connectivity index (χ3n) is 6.84. The topological polar surface area (TPSA) is 85.8 Å². The Morgan fingerprint density at radius 3 is 2.68 bits per heavy atom. The predicted octanol–water partition coefficient (Wildman–Crippen LogP) is 6.36. The predicted molar refractivity (Wildman–Crippen MR) is 135 cm³/mol. The summed E-state index contributed by atoms with van der Waals surface area (Å²) < 4.78 is 58.2. The molecule has 0 amide bonds. The average Bonchev–Trinajstić information content (AvgIpc) is 3.62. The Balaban J connectivity index is 1.37. The molecule has 0 fully saturated rings. The van der Waals surface area contributed by atoms with Crippen molar-refractivity contribution in [3.05, 3.63) is 65.7 Å². The maximum absolute atomic E-state index is 14.1. The second kappa shape index (κ2) is 8.45. The second-order valence-corrected chi connectivity index (χ2v) is 10.2. The molecule has 2 atom stereocenters. The van der Waals surface area contributed by atoms with E-state index in [9.17, 15) is 17.6 Å². The van der Waals surface area contributed by atoms with Crippen LogP contribution in [0.5, 0.6) is 0 Å². The summed E-state index contributed by atoms with van der Waals surface area (Å²) in [7, 11) is 0. The largest absolute Gasteiger partial charge is 0.363 e. The van der Waals surface area contributed by atoms with Crippen molar-refractivity contribution in [2.45, 2.75) is 38.3 Å². The van der Waals surface area contributed by atoms with Gasteiger partial charge >= 0.3 is 0 Å². The maximum Gasteiger partial charge on any atom is 0.280 e. The van der Waals surface area contributed by atoms with Crippen LogP contribution < -0.4 is 5.32 Å². The number of halogens is 4. The zero-order valence-electron chi connectivity index (χ0n) is 19.7. The van der Waals surface area contributed by atoms with Crippen molar-refractivity contribution < 1.29 is 17.6 Å². The van der Waals surface area contributed by atoms with Gasteiger partial charge in [-0.3, -0.25) is 0 Å². The Morgan fingerprint density at radius 2 is 1.92 bits per heavy atom. The van der Waals surface area contributed by atoms with E-state index in [1.807, 2.05) is 30.3 Å². The first-order valence-electron chi connectivity index (χ1n) is 11.8. The number of hydrogen-bond donors (Lipinski definition) is 1. The summed E-state index contributed by atoms with van der Waals surface area (Å²) in [6.07, 6.45) is -2.14. The molecule has 8 nitrogen and oxygen atoms in total. The molecule has 0 radical (unpaired) electrons. The number of aryl methyl sites for hydroxylation is 1. The molecule has 7 rings (SSSR count). The summed E-state index contributed by atoms with van der Waals surface area (Å²) in [5, 5.41) is 12.9. The zero-order chi connectivity index (χ0) is 26.1. The molecule has 1 aliphatic rings. The Bertz CT molecular complexity index is 1830. The lowest BCUT2D eigenvalue weighted by molar-refractivity contribution is 0.0659. The molecule has 6 aromatic rings. The van der Waals surface area contributed by atoms with Crippen LogP contribution in [0.2, 0.25) is 0 Å². The van der Waals surface area contributed by atoms with Crippen molar-refractivity contribution >= 4 is 43.2 Å². The van der Waals surface area contributed by atoms with Crippen LogP contribution in [0.25, 0.3) is 37.5 Å². The minimum atomic E-state index is -2.69. The third-order valence-corrected chi connectivity index (χ3v) is 7.91. The monoisotopic (exact) mass is 538 g/mol. The van der Waals surface area contributed by atoms with Gasteiger partial charge in [-0.15, -0.1) is 16.4 Å². The minimum absolute atomic E-state index is 0.174. The van der Waals surface area contributed by atoms with Gasteiger partial charge in [-0.1, -0.05) is 30.3 Å². The van der Waals surface area contributed by atoms with E-state index in [2.05, 4.69) is 25.5 Å². The number of fused-ring (bicyclic) bond motifs is 6. The van der Waals surface area contributed by atoms with Crippen LogP contribution in [-0.4, -0.2) is 40.8 Å². The van der Waals surface area contributed by atoms with Gasteiger partial charge in [0, 0.05) is 5.39 Å². The zero-order valence-corrected chi connectivity index (χ0v) is 20.5. The molecule has 2 unspecified atom stereocenters. The van der Waals surface area contributed by atoms with E-state index in [1.165, 1.54) is 39.1 Å². The van der Waals surface area contributed by atoms with Gasteiger partial charge in [-0.2, -0.15) is 5.10 Å². The molecule has 0 saturated heterocycles. The molecule has 6 heterocycles. The van der Waals surface area contributed by atoms with Crippen molar-refractivity contribution in [2.75, 3.05) is 5.32 Å². The fraction of sp³-hybridized carbons (Fsp3) is 0.240. The van der Waals surface area contributed by atoms with Crippen LogP contribution in [0.3, 0.4) is 0 Å². The highest BCUT2D eigenvalue weighted by atomic mass is 32.1. The molecule has 1 N–H and O–H groups in total. The Morgan fingerprint density at radius 1 is 1.11 bits per heavy atom. The number of pyridine rings is 1. The molecular weight excluding hydrogens is 520 g/mol. The number of nitrogens with one attached hydrogen (secondary N) is 1. The van der Waals surface area contributed by atoms with E-state index in [0.29, 0.717) is 43.0 Å². The number of anilines is 1. The van der Waals surface area contributed by atoms with Gasteiger partial charge in [-0.25, -0.2) is 41.7 Å². The van der Waals surface area contributed by atoms with E-state index in [0.717, 1.165) is 5.56 Å². The smallest absolute Gasteiger partial charge is 0.280 e. The van der Waals surface area contributed by atoms with E-state index in [1.54, 1.807) is 6.92 Å². The molecule has 38 heavy (non-hydrogen) atoms. The summed E-state index contributed by atoms with van der Waals surface area (Å²) in [4.78, 5) is 13.8. The Hall–Kier alpha value is -4.13. The molecule has 0 aliphatic carbocycles. The van der Waals surface area contributed by atoms with Crippen molar-refractivity contribution in [1.82, 2.24) is 34.3 Å². The number of hydrogen-bond acceptors (Lipinski definition) is 7. The molecule has 5 aromatic heterocycles. The van der Waals surface area contributed by atoms with Crippen molar-refractivity contribution in [3.8, 4) is 11.4 Å². The normalized spacial score (nSPS) is 17.7. The van der Waals surface area contributed by atoms with E-state index in [4.69, 9.17) is 4.98 Å². The molecular formula is C25H18F4N8S. The van der Waals surface area contributed by atoms with Crippen LogP contribution in [0.15, 0.2) is 48.9 Å². The van der Waals surface area contributed by atoms with Crippen LogP contribution in [0.1, 0.15) is 41.8 Å². The number of nitrogens with zero attached hydrogens (tertiary/aromatic N) is 7. The number of benzene rings is 1. The molecule has 0 spiro atoms. The van der Waals surface area contributed by atoms with Crippen LogP contribution >= 0.6 is 11.3 Å². The highest BCUT2D eigenvalue weighted by molar-refractivity contribution is 7.26. The van der Waals surface area contributed by atoms with Crippen LogP contribution in [0.4, 0.5) is 23.4 Å². The van der Waals surface area contributed by atoms with Gasteiger partial charge in [0.1, 0.15) is 33.4 Å². The van der Waals surface area contributed by atoms with E-state index in [-0.39, 0.29) is 24.0 Å². The van der Waals surface area contributed by atoms with Crippen molar-refractivity contribution in [2.24, 2.45) is 0 Å². The maximum atomic E-state index is 14.1. The summed E-state index contributed by atoms with van der Waals surface area (Å²) in [6.45, 7) is 1.75. The molecule has 13 heteroatoms. The summed E-state index contributed by atoms with van der Waals surface area (Å²) in [6, 6.07) is 9.32. The Kier molecular flexibility index (Phi) is 5.12. The minimum Gasteiger partial charge on any atom is -0.363 e. The molecule has 1 aromatic carbocycles. The van der Waals surface area contributed by atoms with Gasteiger partial charge < -0.3 is 5.32 Å². The molecule has 0 saturated carbocycles. The van der Waals surface area contributed by atoms with Gasteiger partial charge in [0.15, 0.2) is 11.5 Å². The quantitative estimate of drug-likeness (QED) is 0.263. The number of aromatic nitrogens is 7. The van der Waals surface area contributed by atoms with Gasteiger partial charge in [0.2, 0.25) is 0 Å². The summed E-state index contributed by atoms with van der Waals surface area (Å²) in [5.41, 5.74) is 2.78. The fourth-order valence-electron chi connectivity index (χ4n) is 5.06. The molecule has 0 bridgehead atoms. The van der Waals surface area contributed by atoms with E-state index >= 15 is 0 Å². The number of alkyl halides is 4. The molecule has 192 valence electrons. The highest BCUT2D eigenvalue weighted by Gasteiger charge is 2.36. The lowest BCUT2D eigenvalue weighted by atomic mass is 9.97. The van der Waals surface area contributed by atoms with Crippen molar-refractivity contribution in [1.29, 1.82) is 0 Å². The first kappa shape index (κ1) is 23.0. The van der Waals surface area contributed by atoms with Crippen molar-refractivity contribution in [3.63, 3.8) is 0 Å². The first-order chi connectivity index (χ1) is 18.4. The summed E-state index contributed by atoms with van der Waals surface area (Å²) in [5.74, 6) is 0.691. The van der Waals surface area contributed by atoms with Gasteiger partial charge in [-0.05, 0) is 30.5 Å². The van der Waals surface area contributed by atoms with Crippen LogP contribution in [-0.2, 0) is 0 Å².